The van der Waals surface area contributed by atoms with Crippen molar-refractivity contribution in [3.05, 3.63) is 59.9 Å². The molecule has 0 saturated carbocycles. The van der Waals surface area contributed by atoms with Crippen molar-refractivity contribution in [3.8, 4) is 0 Å². The number of halogens is 3. The molecule has 0 bridgehead atoms. The summed E-state index contributed by atoms with van der Waals surface area (Å²) in [4.78, 5) is 0. The highest BCUT2D eigenvalue weighted by atomic mass is 19.2. The van der Waals surface area contributed by atoms with E-state index in [-0.39, 0.29) is 5.39 Å². The third-order valence-electron chi connectivity index (χ3n) is 2.69. The van der Waals surface area contributed by atoms with Gasteiger partial charge in [-0.15, -0.1) is 0 Å². The summed E-state index contributed by atoms with van der Waals surface area (Å²) in [6.45, 7) is 0. The van der Waals surface area contributed by atoms with Crippen molar-refractivity contribution < 1.29 is 13.2 Å². The lowest BCUT2D eigenvalue weighted by molar-refractivity contribution is 0.516. The van der Waals surface area contributed by atoms with Gasteiger partial charge < -0.3 is 0 Å². The predicted molar refractivity (Wildman–Crippen MR) is 59.0 cm³/mol. The van der Waals surface area contributed by atoms with Gasteiger partial charge in [-0.1, -0.05) is 18.2 Å². The molecule has 0 aliphatic rings. The van der Waals surface area contributed by atoms with E-state index in [1.54, 1.807) is 12.1 Å². The molecule has 0 N–H and O–H groups in total. The summed E-state index contributed by atoms with van der Waals surface area (Å²) < 4.78 is 39.8. The van der Waals surface area contributed by atoms with Crippen LogP contribution in [0, 0.1) is 29.6 Å². The highest BCUT2D eigenvalue weighted by molar-refractivity contribution is 6.07. The van der Waals surface area contributed by atoms with Crippen LogP contribution in [0.15, 0.2) is 30.3 Å². The summed E-state index contributed by atoms with van der Waals surface area (Å²) in [5, 5.41) is 1.52. The Kier molecular flexibility index (Phi) is 2.08. The Balaban J connectivity index is 2.58. The zero-order valence-electron chi connectivity index (χ0n) is 8.52. The monoisotopic (exact) mass is 230 g/mol. The minimum atomic E-state index is -1.03. The van der Waals surface area contributed by atoms with Crippen LogP contribution in [0.5, 0.6) is 0 Å². The zero-order chi connectivity index (χ0) is 12.0. The minimum Gasteiger partial charge on any atom is -0.206 e. The highest BCUT2D eigenvalue weighted by Gasteiger charge is 2.11. The predicted octanol–water partition coefficient (Wildman–Crippen LogP) is 4.01. The van der Waals surface area contributed by atoms with Gasteiger partial charge in [0.2, 0.25) is 0 Å². The molecule has 17 heavy (non-hydrogen) atoms. The highest BCUT2D eigenvalue weighted by Crippen LogP contribution is 2.28. The van der Waals surface area contributed by atoms with Crippen molar-refractivity contribution in [3.63, 3.8) is 0 Å². The first-order chi connectivity index (χ1) is 8.16. The molecule has 0 aliphatic carbocycles. The number of hydrogen-bond donors (Lipinski definition) is 0. The van der Waals surface area contributed by atoms with Gasteiger partial charge in [0, 0.05) is 17.5 Å². The fourth-order valence-corrected chi connectivity index (χ4v) is 1.92. The molecule has 3 aromatic rings. The molecule has 0 nitrogen and oxygen atoms in total. The molecule has 3 heteroatoms. The lowest BCUT2D eigenvalue weighted by Gasteiger charge is -2.05. The quantitative estimate of drug-likeness (QED) is 0.512. The summed E-state index contributed by atoms with van der Waals surface area (Å²) in [6.07, 6.45) is 0. The first kappa shape index (κ1) is 10.1. The Hall–Kier alpha value is -2.03. The summed E-state index contributed by atoms with van der Waals surface area (Å²) in [7, 11) is 0. The first-order valence-electron chi connectivity index (χ1n) is 4.97. The van der Waals surface area contributed by atoms with Crippen LogP contribution < -0.4 is 0 Å². The summed E-state index contributed by atoms with van der Waals surface area (Å²) >= 11 is 0. The van der Waals surface area contributed by atoms with Gasteiger partial charge in [0.25, 0.3) is 0 Å². The summed E-state index contributed by atoms with van der Waals surface area (Å²) in [5.74, 6) is -2.53. The smallest absolute Gasteiger partial charge is 0.167 e. The number of rotatable bonds is 0. The van der Waals surface area contributed by atoms with E-state index >= 15 is 0 Å². The van der Waals surface area contributed by atoms with Gasteiger partial charge in [-0.3, -0.25) is 0 Å². The van der Waals surface area contributed by atoms with Crippen LogP contribution >= 0.6 is 0 Å². The maximum atomic E-state index is 13.7. The third kappa shape index (κ3) is 1.46. The number of fused-ring (bicyclic) bond motifs is 3. The largest absolute Gasteiger partial charge is 0.206 e. The summed E-state index contributed by atoms with van der Waals surface area (Å²) in [6, 6.07) is 11.8. The van der Waals surface area contributed by atoms with Gasteiger partial charge in [0.15, 0.2) is 11.6 Å². The third-order valence-corrected chi connectivity index (χ3v) is 2.69. The molecule has 2 radical (unpaired) electrons. The van der Waals surface area contributed by atoms with E-state index in [1.165, 1.54) is 18.2 Å². The van der Waals surface area contributed by atoms with Crippen LogP contribution in [0.3, 0.4) is 0 Å². The average Bonchev–Trinajstić information content (AvgIpc) is 2.33. The normalized spacial score (nSPS) is 11.2. The Morgan fingerprint density at radius 3 is 2.59 bits per heavy atom. The Morgan fingerprint density at radius 2 is 1.76 bits per heavy atom. The van der Waals surface area contributed by atoms with Crippen LogP contribution in [0.25, 0.3) is 21.5 Å². The molecular weight excluding hydrogens is 225 g/mol. The van der Waals surface area contributed by atoms with Crippen LogP contribution in [0.4, 0.5) is 13.2 Å². The van der Waals surface area contributed by atoms with Gasteiger partial charge in [-0.25, -0.2) is 13.2 Å². The fraction of sp³-hybridized carbons (Fsp3) is 0. The molecule has 82 valence electrons. The molecule has 0 heterocycles. The molecule has 3 aromatic carbocycles. The Bertz CT molecular complexity index is 732. The van der Waals surface area contributed by atoms with E-state index < -0.39 is 17.5 Å². The molecule has 0 aromatic heterocycles. The lowest BCUT2D eigenvalue weighted by atomic mass is 10.0. The van der Waals surface area contributed by atoms with E-state index in [0.29, 0.717) is 16.2 Å². The van der Waals surface area contributed by atoms with Crippen LogP contribution in [-0.4, -0.2) is 0 Å². The first-order valence-corrected chi connectivity index (χ1v) is 4.97. The van der Waals surface area contributed by atoms with E-state index in [0.717, 1.165) is 0 Å². The molecular formula is C14H5F3. The second-order valence-corrected chi connectivity index (χ2v) is 3.71. The SMILES string of the molecule is Fc1[c]c2ccc3c[c]c(F)c(F)c3c2cc1. The van der Waals surface area contributed by atoms with Crippen molar-refractivity contribution in [2.24, 2.45) is 0 Å². The van der Waals surface area contributed by atoms with Crippen molar-refractivity contribution in [2.75, 3.05) is 0 Å². The zero-order valence-corrected chi connectivity index (χ0v) is 8.52. The van der Waals surface area contributed by atoms with Gasteiger partial charge >= 0.3 is 0 Å². The molecule has 0 unspecified atom stereocenters. The van der Waals surface area contributed by atoms with E-state index in [9.17, 15) is 13.2 Å². The molecule has 0 spiro atoms. The van der Waals surface area contributed by atoms with Crippen LogP contribution in [-0.2, 0) is 0 Å². The second-order valence-electron chi connectivity index (χ2n) is 3.71. The fourth-order valence-electron chi connectivity index (χ4n) is 1.92. The minimum absolute atomic E-state index is 0.134. The van der Waals surface area contributed by atoms with Crippen molar-refractivity contribution in [1.29, 1.82) is 0 Å². The Morgan fingerprint density at radius 1 is 0.941 bits per heavy atom. The van der Waals surface area contributed by atoms with Crippen molar-refractivity contribution >= 4 is 21.5 Å². The maximum absolute atomic E-state index is 13.7. The number of hydrogen-bond acceptors (Lipinski definition) is 0. The molecule has 0 amide bonds. The number of benzene rings is 3. The van der Waals surface area contributed by atoms with Gasteiger partial charge in [-0.05, 0) is 28.3 Å². The van der Waals surface area contributed by atoms with Gasteiger partial charge in [-0.2, -0.15) is 0 Å². The molecule has 0 saturated heterocycles. The summed E-state index contributed by atoms with van der Waals surface area (Å²) in [5.41, 5.74) is 0. The lowest BCUT2D eigenvalue weighted by Crippen LogP contribution is -1.88. The Labute approximate surface area is 95.3 Å². The topological polar surface area (TPSA) is 0 Å². The van der Waals surface area contributed by atoms with Crippen molar-refractivity contribution in [2.45, 2.75) is 0 Å². The molecule has 3 rings (SSSR count). The van der Waals surface area contributed by atoms with Crippen molar-refractivity contribution in [1.82, 2.24) is 0 Å². The second kappa shape index (κ2) is 3.48. The standard InChI is InChI=1S/C14H5F3/c15-10-4-5-11-9(7-10)2-1-8-3-6-12(16)14(17)13(8)11/h1-5H. The molecule has 0 atom stereocenters. The maximum Gasteiger partial charge on any atom is 0.167 e. The van der Waals surface area contributed by atoms with E-state index in [2.05, 4.69) is 12.1 Å². The molecule has 0 aliphatic heterocycles. The van der Waals surface area contributed by atoms with Gasteiger partial charge in [0.1, 0.15) is 5.82 Å². The van der Waals surface area contributed by atoms with Crippen LogP contribution in [0.2, 0.25) is 0 Å². The van der Waals surface area contributed by atoms with E-state index in [1.807, 2.05) is 0 Å². The average molecular weight is 230 g/mol. The van der Waals surface area contributed by atoms with Gasteiger partial charge in [0.05, 0.1) is 0 Å². The van der Waals surface area contributed by atoms with Crippen LogP contribution in [0.1, 0.15) is 0 Å². The van der Waals surface area contributed by atoms with E-state index in [4.69, 9.17) is 0 Å². The molecule has 0 fully saturated rings.